The van der Waals surface area contributed by atoms with Crippen LogP contribution in [0, 0.1) is 23.2 Å². The van der Waals surface area contributed by atoms with E-state index in [1.807, 2.05) is 6.07 Å². The van der Waals surface area contributed by atoms with Crippen molar-refractivity contribution in [1.82, 2.24) is 15.5 Å². The van der Waals surface area contributed by atoms with E-state index in [1.165, 1.54) is 4.90 Å². The molecule has 2 bridgehead atoms. The van der Waals surface area contributed by atoms with Crippen molar-refractivity contribution in [2.24, 2.45) is 11.8 Å². The molecule has 5 rings (SSSR count). The molecular weight excluding hydrogens is 492 g/mol. The zero-order valence-corrected chi connectivity index (χ0v) is 20.7. The normalized spacial score (nSPS) is 28.4. The number of nitriles is 1. The predicted molar refractivity (Wildman–Crippen MR) is 129 cm³/mol. The number of nitrogens with zero attached hydrogens (tertiary/aromatic N) is 2. The smallest absolute Gasteiger partial charge is 0.255 e. The molecule has 3 amide bonds. The summed E-state index contributed by atoms with van der Waals surface area (Å²) in [6.07, 6.45) is 1.43. The number of fused-ring (bicyclic) bond motifs is 3. The van der Waals surface area contributed by atoms with Gasteiger partial charge in [0, 0.05) is 35.6 Å². The SMILES string of the molecule is C[C@@H](Nc1cccc(Cl)c1)C(=O)N1[C@H]2CC[C@@H]([C@@H]1C(=O)N[C@@H](C#N)C[C@@H]1CCCNC1=O)C(F)(F)C2. The molecule has 1 saturated carbocycles. The summed E-state index contributed by atoms with van der Waals surface area (Å²) in [6, 6.07) is 4.74. The summed E-state index contributed by atoms with van der Waals surface area (Å²) in [5.41, 5.74) is 0.590. The van der Waals surface area contributed by atoms with Gasteiger partial charge in [0.05, 0.1) is 12.0 Å². The van der Waals surface area contributed by atoms with Gasteiger partial charge in [-0.3, -0.25) is 14.4 Å². The second kappa shape index (κ2) is 10.6. The average Bonchev–Trinajstić information content (AvgIpc) is 2.83. The Morgan fingerprint density at radius 2 is 2.11 bits per heavy atom. The van der Waals surface area contributed by atoms with Crippen molar-refractivity contribution < 1.29 is 23.2 Å². The van der Waals surface area contributed by atoms with Gasteiger partial charge < -0.3 is 20.9 Å². The Labute approximate surface area is 213 Å². The minimum absolute atomic E-state index is 0.0892. The number of carbonyl (C=O) groups is 3. The van der Waals surface area contributed by atoms with Gasteiger partial charge in [-0.25, -0.2) is 8.78 Å². The topological polar surface area (TPSA) is 114 Å². The lowest BCUT2D eigenvalue weighted by molar-refractivity contribution is -0.194. The van der Waals surface area contributed by atoms with E-state index in [4.69, 9.17) is 11.6 Å². The lowest BCUT2D eigenvalue weighted by Crippen LogP contribution is -2.70. The minimum atomic E-state index is -3.10. The van der Waals surface area contributed by atoms with E-state index in [0.29, 0.717) is 30.1 Å². The third-order valence-corrected chi connectivity index (χ3v) is 7.66. The summed E-state index contributed by atoms with van der Waals surface area (Å²) in [5.74, 6) is -6.32. The maximum atomic E-state index is 14.9. The van der Waals surface area contributed by atoms with Gasteiger partial charge in [0.1, 0.15) is 18.1 Å². The average molecular weight is 522 g/mol. The summed E-state index contributed by atoms with van der Waals surface area (Å²) in [7, 11) is 0. The first-order valence-corrected chi connectivity index (χ1v) is 12.7. The van der Waals surface area contributed by atoms with Crippen LogP contribution in [0.15, 0.2) is 24.3 Å². The van der Waals surface area contributed by atoms with Crippen LogP contribution in [0.25, 0.3) is 0 Å². The number of halogens is 3. The molecule has 4 fully saturated rings. The molecule has 0 unspecified atom stereocenters. The Morgan fingerprint density at radius 1 is 1.33 bits per heavy atom. The van der Waals surface area contributed by atoms with Crippen LogP contribution in [0.3, 0.4) is 0 Å². The van der Waals surface area contributed by atoms with Gasteiger partial charge in [0.15, 0.2) is 0 Å². The number of benzene rings is 1. The molecule has 3 N–H and O–H groups in total. The molecule has 3 saturated heterocycles. The zero-order chi connectivity index (χ0) is 26.0. The first-order valence-electron chi connectivity index (χ1n) is 12.3. The summed E-state index contributed by atoms with van der Waals surface area (Å²) >= 11 is 6.02. The second-order valence-corrected chi connectivity index (χ2v) is 10.4. The number of carbonyl (C=O) groups excluding carboxylic acids is 3. The molecule has 4 aliphatic rings. The Bertz CT molecular complexity index is 1060. The largest absolute Gasteiger partial charge is 0.374 e. The number of anilines is 1. The molecule has 36 heavy (non-hydrogen) atoms. The molecule has 11 heteroatoms. The first kappa shape index (κ1) is 26.1. The fraction of sp³-hybridized carbons (Fsp3) is 0.600. The van der Waals surface area contributed by atoms with Crippen molar-refractivity contribution in [3.8, 4) is 6.07 Å². The Morgan fingerprint density at radius 3 is 2.78 bits per heavy atom. The number of rotatable bonds is 7. The molecule has 8 nitrogen and oxygen atoms in total. The highest BCUT2D eigenvalue weighted by Crippen LogP contribution is 2.49. The van der Waals surface area contributed by atoms with Crippen LogP contribution in [0.2, 0.25) is 5.02 Å². The highest BCUT2D eigenvalue weighted by atomic mass is 35.5. The van der Waals surface area contributed by atoms with Crippen LogP contribution in [-0.4, -0.2) is 59.3 Å². The minimum Gasteiger partial charge on any atom is -0.374 e. The van der Waals surface area contributed by atoms with Crippen molar-refractivity contribution in [3.05, 3.63) is 29.3 Å². The summed E-state index contributed by atoms with van der Waals surface area (Å²) in [6.45, 7) is 2.18. The van der Waals surface area contributed by atoms with Crippen molar-refractivity contribution in [1.29, 1.82) is 5.26 Å². The van der Waals surface area contributed by atoms with Crippen molar-refractivity contribution >= 4 is 35.0 Å². The lowest BCUT2D eigenvalue weighted by atomic mass is 9.71. The molecule has 3 heterocycles. The molecule has 6 atom stereocenters. The lowest BCUT2D eigenvalue weighted by Gasteiger charge is -2.54. The summed E-state index contributed by atoms with van der Waals surface area (Å²) in [4.78, 5) is 40.3. The van der Waals surface area contributed by atoms with Crippen LogP contribution < -0.4 is 16.0 Å². The molecule has 1 aromatic rings. The zero-order valence-electron chi connectivity index (χ0n) is 20.0. The number of hydrogen-bond acceptors (Lipinski definition) is 5. The fourth-order valence-corrected chi connectivity index (χ4v) is 5.87. The van der Waals surface area contributed by atoms with E-state index in [-0.39, 0.29) is 18.7 Å². The molecule has 1 aromatic carbocycles. The van der Waals surface area contributed by atoms with Crippen LogP contribution in [0.1, 0.15) is 45.4 Å². The Balaban J connectivity index is 1.52. The highest BCUT2D eigenvalue weighted by Gasteiger charge is 2.60. The van der Waals surface area contributed by atoms with E-state index in [0.717, 1.165) is 6.42 Å². The number of hydrogen-bond donors (Lipinski definition) is 3. The second-order valence-electron chi connectivity index (χ2n) is 9.93. The van der Waals surface area contributed by atoms with Crippen molar-refractivity contribution in [2.45, 2.75) is 75.5 Å². The van der Waals surface area contributed by atoms with E-state index < -0.39 is 60.2 Å². The highest BCUT2D eigenvalue weighted by molar-refractivity contribution is 6.30. The summed E-state index contributed by atoms with van der Waals surface area (Å²) < 4.78 is 29.8. The predicted octanol–water partition coefficient (Wildman–Crippen LogP) is 3.08. The van der Waals surface area contributed by atoms with E-state index in [1.54, 1.807) is 31.2 Å². The Hall–Kier alpha value is -2.93. The van der Waals surface area contributed by atoms with Gasteiger partial charge in [0.2, 0.25) is 17.7 Å². The van der Waals surface area contributed by atoms with Gasteiger partial charge in [0.25, 0.3) is 5.92 Å². The van der Waals surface area contributed by atoms with E-state index >= 15 is 0 Å². The third-order valence-electron chi connectivity index (χ3n) is 7.43. The molecule has 0 radical (unpaired) electrons. The Kier molecular flexibility index (Phi) is 7.69. The van der Waals surface area contributed by atoms with Crippen molar-refractivity contribution in [3.63, 3.8) is 0 Å². The number of alkyl halides is 2. The number of amides is 3. The van der Waals surface area contributed by atoms with Gasteiger partial charge >= 0.3 is 0 Å². The molecule has 0 spiro atoms. The summed E-state index contributed by atoms with van der Waals surface area (Å²) in [5, 5.41) is 18.4. The standard InChI is InChI=1S/C25H30ClF2N5O3/c1-14(31-17-6-2-5-16(26)11-17)24(36)33-19-7-8-20(25(27,28)12-19)21(33)23(35)32-18(13-29)10-15-4-3-9-30-22(15)34/h2,5-6,11,14-15,18-21,31H,3-4,7-10,12H2,1H3,(H,30,34)(H,32,35)/t14-,15+,18-,19+,20+,21-/m1/s1. The van der Waals surface area contributed by atoms with Gasteiger partial charge in [-0.2, -0.15) is 5.26 Å². The monoisotopic (exact) mass is 521 g/mol. The van der Waals surface area contributed by atoms with Gasteiger partial charge in [-0.05, 0) is 57.2 Å². The van der Waals surface area contributed by atoms with Crippen LogP contribution in [-0.2, 0) is 14.4 Å². The first-order chi connectivity index (χ1) is 17.1. The van der Waals surface area contributed by atoms with Gasteiger partial charge in [-0.15, -0.1) is 0 Å². The molecule has 3 aliphatic heterocycles. The van der Waals surface area contributed by atoms with Crippen LogP contribution in [0.4, 0.5) is 14.5 Å². The molecular formula is C25H30ClF2N5O3. The van der Waals surface area contributed by atoms with Crippen molar-refractivity contribution in [2.75, 3.05) is 11.9 Å². The number of nitrogens with one attached hydrogen (secondary N) is 3. The maximum Gasteiger partial charge on any atom is 0.255 e. The molecule has 1 aliphatic carbocycles. The van der Waals surface area contributed by atoms with Crippen LogP contribution >= 0.6 is 11.6 Å². The van der Waals surface area contributed by atoms with Crippen LogP contribution in [0.5, 0.6) is 0 Å². The quantitative estimate of drug-likeness (QED) is 0.510. The molecule has 0 aromatic heterocycles. The third kappa shape index (κ3) is 5.41. The molecule has 194 valence electrons. The van der Waals surface area contributed by atoms with Gasteiger partial charge in [-0.1, -0.05) is 17.7 Å². The number of piperidine rings is 3. The fourth-order valence-electron chi connectivity index (χ4n) is 5.68. The maximum absolute atomic E-state index is 14.9. The van der Waals surface area contributed by atoms with E-state index in [2.05, 4.69) is 16.0 Å². The van der Waals surface area contributed by atoms with E-state index in [9.17, 15) is 28.4 Å².